The van der Waals surface area contributed by atoms with E-state index in [0.29, 0.717) is 24.7 Å². The molecule has 1 saturated heterocycles. The molecule has 2 aliphatic heterocycles. The van der Waals surface area contributed by atoms with Crippen molar-refractivity contribution in [3.05, 3.63) is 94.2 Å². The molecule has 38 heavy (non-hydrogen) atoms. The smallest absolute Gasteiger partial charge is 0.322 e. The van der Waals surface area contributed by atoms with Gasteiger partial charge in [-0.15, -0.1) is 0 Å². The van der Waals surface area contributed by atoms with Crippen LogP contribution in [0.15, 0.2) is 60.8 Å². The zero-order valence-corrected chi connectivity index (χ0v) is 22.3. The highest BCUT2D eigenvalue weighted by Crippen LogP contribution is 2.50. The predicted molar refractivity (Wildman–Crippen MR) is 151 cm³/mol. The van der Waals surface area contributed by atoms with E-state index < -0.39 is 0 Å². The zero-order valence-electron chi connectivity index (χ0n) is 20.7. The Labute approximate surface area is 229 Å². The summed E-state index contributed by atoms with van der Waals surface area (Å²) in [5.74, 6) is -0.242. The monoisotopic (exact) mass is 547 g/mol. The second-order valence-corrected chi connectivity index (χ2v) is 11.1. The van der Waals surface area contributed by atoms with E-state index in [-0.39, 0.29) is 17.3 Å². The van der Waals surface area contributed by atoms with Crippen LogP contribution in [0.5, 0.6) is 0 Å². The van der Waals surface area contributed by atoms with Gasteiger partial charge in [-0.05, 0) is 90.6 Å². The van der Waals surface area contributed by atoms with Gasteiger partial charge in [0.15, 0.2) is 0 Å². The van der Waals surface area contributed by atoms with Gasteiger partial charge in [-0.2, -0.15) is 4.37 Å². The highest BCUT2D eigenvalue weighted by Gasteiger charge is 2.47. The summed E-state index contributed by atoms with van der Waals surface area (Å²) in [6.45, 7) is 2.85. The number of rotatable bonds is 5. The lowest BCUT2D eigenvalue weighted by Crippen LogP contribution is -2.46. The van der Waals surface area contributed by atoms with Crippen molar-refractivity contribution < 1.29 is 9.18 Å². The molecule has 0 unspecified atom stereocenters. The van der Waals surface area contributed by atoms with Gasteiger partial charge in [0.05, 0.1) is 16.1 Å². The van der Waals surface area contributed by atoms with Crippen LogP contribution in [-0.2, 0) is 18.4 Å². The first-order valence-corrected chi connectivity index (χ1v) is 13.9. The standard InChI is InChI=1S/C29H27ClFN5OS/c30-25-16-20(10-13-33-25)17-34-28(37)36-18-29(11-14-32-15-12-29)27-23(36)8-9-24-26(27)22(35-38-24)3-1-2-19-4-6-21(31)7-5-19/h1-2,4-10,13,16,32H,3,11-12,14-15,17-18H2,(H,34,37). The van der Waals surface area contributed by atoms with Gasteiger partial charge in [-0.1, -0.05) is 35.9 Å². The van der Waals surface area contributed by atoms with E-state index >= 15 is 0 Å². The SMILES string of the molecule is O=C(NCc1ccnc(Cl)c1)N1CC2(CCNCC2)c2c1ccc1snc(CC=Cc3ccc(F)cc3)c21. The van der Waals surface area contributed by atoms with Crippen LogP contribution < -0.4 is 15.5 Å². The van der Waals surface area contributed by atoms with Crippen molar-refractivity contribution in [2.75, 3.05) is 24.5 Å². The molecule has 2 aromatic carbocycles. The molecule has 4 aromatic rings. The molecule has 4 heterocycles. The Morgan fingerprint density at radius 1 is 1.18 bits per heavy atom. The van der Waals surface area contributed by atoms with Crippen LogP contribution >= 0.6 is 23.1 Å². The Hall–Kier alpha value is -3.33. The molecule has 2 aliphatic rings. The van der Waals surface area contributed by atoms with E-state index in [0.717, 1.165) is 53.1 Å². The van der Waals surface area contributed by atoms with Crippen LogP contribution in [0.2, 0.25) is 5.15 Å². The average Bonchev–Trinajstić information content (AvgIpc) is 3.48. The lowest BCUT2D eigenvalue weighted by atomic mass is 9.73. The van der Waals surface area contributed by atoms with E-state index in [9.17, 15) is 9.18 Å². The molecule has 0 atom stereocenters. The van der Waals surface area contributed by atoms with Gasteiger partial charge in [0.2, 0.25) is 0 Å². The first-order valence-electron chi connectivity index (χ1n) is 12.7. The Bertz CT molecular complexity index is 1510. The van der Waals surface area contributed by atoms with Crippen molar-refractivity contribution >= 4 is 51.0 Å². The summed E-state index contributed by atoms with van der Waals surface area (Å²) in [4.78, 5) is 19.4. The summed E-state index contributed by atoms with van der Waals surface area (Å²) >= 11 is 7.53. The summed E-state index contributed by atoms with van der Waals surface area (Å²) in [6.07, 6.45) is 8.31. The Kier molecular flexibility index (Phi) is 6.86. The van der Waals surface area contributed by atoms with E-state index in [1.165, 1.54) is 34.6 Å². The van der Waals surface area contributed by atoms with Gasteiger partial charge in [0, 0.05) is 36.5 Å². The molecule has 6 rings (SSSR count). The summed E-state index contributed by atoms with van der Waals surface area (Å²) in [5, 5.41) is 8.15. The molecule has 2 amide bonds. The molecule has 2 N–H and O–H groups in total. The summed E-state index contributed by atoms with van der Waals surface area (Å²) in [6, 6.07) is 14.1. The highest BCUT2D eigenvalue weighted by atomic mass is 35.5. The van der Waals surface area contributed by atoms with Crippen molar-refractivity contribution in [3.8, 4) is 0 Å². The van der Waals surface area contributed by atoms with E-state index in [4.69, 9.17) is 16.0 Å². The van der Waals surface area contributed by atoms with Gasteiger partial charge in [0.1, 0.15) is 11.0 Å². The fourth-order valence-electron chi connectivity index (χ4n) is 5.65. The number of nitrogens with one attached hydrogen (secondary N) is 2. The molecule has 9 heteroatoms. The number of fused-ring (bicyclic) bond motifs is 4. The summed E-state index contributed by atoms with van der Waals surface area (Å²) < 4.78 is 19.2. The van der Waals surface area contributed by atoms with Crippen molar-refractivity contribution in [1.29, 1.82) is 0 Å². The van der Waals surface area contributed by atoms with Crippen LogP contribution in [0.25, 0.3) is 16.2 Å². The topological polar surface area (TPSA) is 70.2 Å². The second-order valence-electron chi connectivity index (χ2n) is 9.88. The molecular weight excluding hydrogens is 521 g/mol. The molecule has 6 nitrogen and oxygen atoms in total. The third-order valence-electron chi connectivity index (χ3n) is 7.50. The Balaban J connectivity index is 1.33. The number of urea groups is 1. The van der Waals surface area contributed by atoms with Gasteiger partial charge in [-0.3, -0.25) is 4.90 Å². The Morgan fingerprint density at radius 3 is 2.79 bits per heavy atom. The average molecular weight is 548 g/mol. The number of nitrogens with zero attached hydrogens (tertiary/aromatic N) is 3. The van der Waals surface area contributed by atoms with Crippen LogP contribution in [0.4, 0.5) is 14.9 Å². The number of piperidine rings is 1. The van der Waals surface area contributed by atoms with Crippen LogP contribution in [0, 0.1) is 5.82 Å². The number of benzene rings is 2. The maximum atomic E-state index is 13.5. The minimum Gasteiger partial charge on any atom is -0.334 e. The van der Waals surface area contributed by atoms with Crippen molar-refractivity contribution in [2.45, 2.75) is 31.2 Å². The number of pyridine rings is 1. The minimum atomic E-state index is -0.242. The predicted octanol–water partition coefficient (Wildman–Crippen LogP) is 6.09. The number of aromatic nitrogens is 2. The zero-order chi connectivity index (χ0) is 26.1. The van der Waals surface area contributed by atoms with Crippen molar-refractivity contribution in [3.63, 3.8) is 0 Å². The van der Waals surface area contributed by atoms with E-state index in [1.54, 1.807) is 24.4 Å². The maximum absolute atomic E-state index is 13.5. The quantitative estimate of drug-likeness (QED) is 0.297. The lowest BCUT2D eigenvalue weighted by molar-refractivity contribution is 0.243. The molecule has 0 saturated carbocycles. The van der Waals surface area contributed by atoms with Gasteiger partial charge in [-0.25, -0.2) is 14.2 Å². The van der Waals surface area contributed by atoms with Crippen LogP contribution in [0.3, 0.4) is 0 Å². The molecule has 1 spiro atoms. The molecular formula is C29H27ClFN5OS. The largest absolute Gasteiger partial charge is 0.334 e. The third-order valence-corrected chi connectivity index (χ3v) is 8.56. The highest BCUT2D eigenvalue weighted by molar-refractivity contribution is 7.13. The first kappa shape index (κ1) is 25.0. The third kappa shape index (κ3) is 4.79. The van der Waals surface area contributed by atoms with Gasteiger partial charge < -0.3 is 10.6 Å². The number of carbonyl (C=O) groups is 1. The first-order chi connectivity index (χ1) is 18.5. The van der Waals surface area contributed by atoms with Crippen LogP contribution in [-0.4, -0.2) is 35.0 Å². The fraction of sp³-hybridized carbons (Fsp3) is 0.276. The molecule has 0 bridgehead atoms. The molecule has 2 aromatic heterocycles. The van der Waals surface area contributed by atoms with Crippen molar-refractivity contribution in [2.24, 2.45) is 0 Å². The number of hydrogen-bond donors (Lipinski definition) is 2. The Morgan fingerprint density at radius 2 is 2.00 bits per heavy atom. The van der Waals surface area contributed by atoms with E-state index in [1.807, 2.05) is 17.0 Å². The fourth-order valence-corrected chi connectivity index (χ4v) is 6.66. The maximum Gasteiger partial charge on any atom is 0.322 e. The van der Waals surface area contributed by atoms with Crippen molar-refractivity contribution in [1.82, 2.24) is 20.0 Å². The number of allylic oxidation sites excluding steroid dienone is 1. The lowest BCUT2D eigenvalue weighted by Gasteiger charge is -2.35. The second kappa shape index (κ2) is 10.4. The molecule has 0 aliphatic carbocycles. The van der Waals surface area contributed by atoms with Gasteiger partial charge in [0.25, 0.3) is 0 Å². The number of amides is 2. The molecule has 194 valence electrons. The number of carbonyl (C=O) groups excluding carboxylic acids is 1. The number of halogens is 2. The van der Waals surface area contributed by atoms with Crippen LogP contribution in [0.1, 0.15) is 35.2 Å². The molecule has 0 radical (unpaired) electrons. The molecule has 1 fully saturated rings. The normalized spacial score (nSPS) is 16.4. The van der Waals surface area contributed by atoms with E-state index in [2.05, 4.69) is 33.8 Å². The number of hydrogen-bond acceptors (Lipinski definition) is 5. The summed E-state index contributed by atoms with van der Waals surface area (Å²) in [7, 11) is 0. The number of anilines is 1. The minimum absolute atomic E-state index is 0.115. The van der Waals surface area contributed by atoms with Gasteiger partial charge >= 0.3 is 6.03 Å². The summed E-state index contributed by atoms with van der Waals surface area (Å²) in [5.41, 5.74) is 4.97.